The Kier molecular flexibility index (Phi) is 4.37. The van der Waals surface area contributed by atoms with Crippen molar-refractivity contribution in [2.75, 3.05) is 0 Å². The Morgan fingerprint density at radius 1 is 1.28 bits per heavy atom. The molecule has 0 aromatic rings. The number of carbonyl (C=O) groups is 2. The molecule has 5 nitrogen and oxygen atoms in total. The zero-order valence-corrected chi connectivity index (χ0v) is 11.9. The number of aliphatic carboxylic acids is 1. The highest BCUT2D eigenvalue weighted by Crippen LogP contribution is 2.26. The van der Waals surface area contributed by atoms with Crippen molar-refractivity contribution in [3.8, 4) is 0 Å². The van der Waals surface area contributed by atoms with Gasteiger partial charge in [-0.1, -0.05) is 0 Å². The summed E-state index contributed by atoms with van der Waals surface area (Å²) in [5.41, 5.74) is -1.22. The van der Waals surface area contributed by atoms with Crippen molar-refractivity contribution in [2.45, 2.75) is 71.1 Å². The Labute approximate surface area is 109 Å². The van der Waals surface area contributed by atoms with E-state index < -0.39 is 11.5 Å². The number of hydrogen-bond acceptors (Lipinski definition) is 3. The average molecular weight is 256 g/mol. The molecule has 1 amide bonds. The fourth-order valence-electron chi connectivity index (χ4n) is 2.58. The van der Waals surface area contributed by atoms with Gasteiger partial charge in [0.2, 0.25) is 5.91 Å². The first-order valence-corrected chi connectivity index (χ1v) is 6.49. The van der Waals surface area contributed by atoms with Gasteiger partial charge in [0.15, 0.2) is 0 Å². The fraction of sp³-hybridized carbons (Fsp3) is 0.846. The van der Waals surface area contributed by atoms with E-state index in [4.69, 9.17) is 5.11 Å². The van der Waals surface area contributed by atoms with Crippen molar-refractivity contribution in [2.24, 2.45) is 0 Å². The monoisotopic (exact) mass is 256 g/mol. The molecule has 0 saturated carbocycles. The molecule has 0 spiro atoms. The number of amides is 1. The summed E-state index contributed by atoms with van der Waals surface area (Å²) in [4.78, 5) is 25.3. The van der Waals surface area contributed by atoms with E-state index in [0.29, 0.717) is 12.1 Å². The van der Waals surface area contributed by atoms with Crippen molar-refractivity contribution in [3.05, 3.63) is 0 Å². The number of hydrogen-bond donors (Lipinski definition) is 2. The van der Waals surface area contributed by atoms with Crippen LogP contribution in [0.2, 0.25) is 0 Å². The normalized spacial score (nSPS) is 26.9. The van der Waals surface area contributed by atoms with Gasteiger partial charge in [0.1, 0.15) is 5.54 Å². The van der Waals surface area contributed by atoms with Crippen LogP contribution in [0.25, 0.3) is 0 Å². The van der Waals surface area contributed by atoms with Crippen LogP contribution in [0.1, 0.15) is 47.5 Å². The maximum atomic E-state index is 12.1. The molecule has 0 aromatic carbocycles. The Bertz CT molecular complexity index is 331. The zero-order chi connectivity index (χ0) is 14.1. The molecule has 0 radical (unpaired) electrons. The molecule has 1 saturated heterocycles. The maximum Gasteiger partial charge on any atom is 0.328 e. The third-order valence-electron chi connectivity index (χ3n) is 3.82. The first-order chi connectivity index (χ1) is 8.16. The Morgan fingerprint density at radius 3 is 2.11 bits per heavy atom. The highest BCUT2D eigenvalue weighted by molar-refractivity contribution is 5.88. The first-order valence-electron chi connectivity index (χ1n) is 6.49. The Morgan fingerprint density at radius 2 is 1.72 bits per heavy atom. The van der Waals surface area contributed by atoms with E-state index in [9.17, 15) is 9.59 Å². The number of nitrogens with one attached hydrogen (secondary N) is 1. The molecule has 3 unspecified atom stereocenters. The molecule has 0 bridgehead atoms. The van der Waals surface area contributed by atoms with Gasteiger partial charge in [-0.2, -0.15) is 0 Å². The highest BCUT2D eigenvalue weighted by atomic mass is 16.4. The molecular formula is C13H24N2O3. The number of carbonyl (C=O) groups excluding carboxylic acids is 1. The van der Waals surface area contributed by atoms with Crippen molar-refractivity contribution >= 4 is 11.9 Å². The van der Waals surface area contributed by atoms with Crippen molar-refractivity contribution < 1.29 is 14.7 Å². The molecule has 3 atom stereocenters. The summed E-state index contributed by atoms with van der Waals surface area (Å²) in [5, 5.41) is 11.6. The van der Waals surface area contributed by atoms with Gasteiger partial charge < -0.3 is 10.4 Å². The molecule has 2 N–H and O–H groups in total. The molecule has 18 heavy (non-hydrogen) atoms. The predicted octanol–water partition coefficient (Wildman–Crippen LogP) is 1.23. The Balaban J connectivity index is 2.70. The smallest absolute Gasteiger partial charge is 0.328 e. The van der Waals surface area contributed by atoms with E-state index in [1.807, 2.05) is 6.92 Å². The third kappa shape index (κ3) is 3.02. The van der Waals surface area contributed by atoms with Crippen LogP contribution in [-0.4, -0.2) is 45.5 Å². The fourth-order valence-corrected chi connectivity index (χ4v) is 2.58. The minimum atomic E-state index is -1.22. The van der Waals surface area contributed by atoms with Crippen LogP contribution in [0, 0.1) is 0 Å². The lowest BCUT2D eigenvalue weighted by molar-refractivity contribution is -0.147. The van der Waals surface area contributed by atoms with E-state index in [1.165, 1.54) is 13.8 Å². The lowest BCUT2D eigenvalue weighted by atomic mass is 10.1. The Hall–Kier alpha value is -1.10. The number of likely N-dealkylation sites (tertiary alicyclic amines) is 1. The standard InChI is InChI=1S/C13H24N2O3/c1-8-6-7-9(2)15(8)10(3)11(16)14-13(4,5)12(17)18/h8-10H,6-7H2,1-5H3,(H,14,16)(H,17,18). The summed E-state index contributed by atoms with van der Waals surface area (Å²) in [6, 6.07) is 0.443. The summed E-state index contributed by atoms with van der Waals surface area (Å²) in [6.07, 6.45) is 2.17. The molecule has 1 aliphatic rings. The molecule has 1 fully saturated rings. The van der Waals surface area contributed by atoms with E-state index in [2.05, 4.69) is 24.1 Å². The summed E-state index contributed by atoms with van der Waals surface area (Å²) < 4.78 is 0. The molecule has 0 aliphatic carbocycles. The van der Waals surface area contributed by atoms with Crippen LogP contribution in [-0.2, 0) is 9.59 Å². The summed E-state index contributed by atoms with van der Waals surface area (Å²) in [6.45, 7) is 9.05. The van der Waals surface area contributed by atoms with Gasteiger partial charge in [0.05, 0.1) is 6.04 Å². The van der Waals surface area contributed by atoms with Crippen LogP contribution in [0.15, 0.2) is 0 Å². The van der Waals surface area contributed by atoms with Crippen molar-refractivity contribution in [3.63, 3.8) is 0 Å². The lowest BCUT2D eigenvalue weighted by Gasteiger charge is -2.33. The predicted molar refractivity (Wildman–Crippen MR) is 69.3 cm³/mol. The summed E-state index contributed by atoms with van der Waals surface area (Å²) in [5.74, 6) is -1.24. The van der Waals surface area contributed by atoms with Crippen molar-refractivity contribution in [1.82, 2.24) is 10.2 Å². The van der Waals surface area contributed by atoms with Crippen LogP contribution in [0.5, 0.6) is 0 Å². The van der Waals surface area contributed by atoms with E-state index in [0.717, 1.165) is 12.8 Å². The third-order valence-corrected chi connectivity index (χ3v) is 3.82. The first kappa shape index (κ1) is 15.0. The molecule has 104 valence electrons. The van der Waals surface area contributed by atoms with Gasteiger partial charge in [-0.05, 0) is 47.5 Å². The van der Waals surface area contributed by atoms with Gasteiger partial charge in [0.25, 0.3) is 0 Å². The number of rotatable bonds is 4. The summed E-state index contributed by atoms with van der Waals surface area (Å²) >= 11 is 0. The second-order valence-corrected chi connectivity index (χ2v) is 5.82. The van der Waals surface area contributed by atoms with Crippen LogP contribution < -0.4 is 5.32 Å². The molecule has 1 rings (SSSR count). The van der Waals surface area contributed by atoms with Gasteiger partial charge >= 0.3 is 5.97 Å². The van der Waals surface area contributed by atoms with E-state index >= 15 is 0 Å². The molecule has 0 aromatic heterocycles. The minimum absolute atomic E-state index is 0.219. The number of nitrogens with zero attached hydrogens (tertiary/aromatic N) is 1. The van der Waals surface area contributed by atoms with E-state index in [1.54, 1.807) is 0 Å². The number of carboxylic acid groups (broad SMARTS) is 1. The second kappa shape index (κ2) is 5.26. The van der Waals surface area contributed by atoms with Crippen LogP contribution in [0.3, 0.4) is 0 Å². The van der Waals surface area contributed by atoms with Gasteiger partial charge in [-0.15, -0.1) is 0 Å². The second-order valence-electron chi connectivity index (χ2n) is 5.82. The topological polar surface area (TPSA) is 69.6 Å². The SMILES string of the molecule is CC1CCC(C)N1C(C)C(=O)NC(C)(C)C(=O)O. The molecule has 1 aliphatic heterocycles. The van der Waals surface area contributed by atoms with Crippen LogP contribution >= 0.6 is 0 Å². The molecular weight excluding hydrogens is 232 g/mol. The number of carboxylic acids is 1. The van der Waals surface area contributed by atoms with Gasteiger partial charge in [-0.25, -0.2) is 4.79 Å². The molecule has 1 heterocycles. The van der Waals surface area contributed by atoms with Gasteiger partial charge in [0, 0.05) is 12.1 Å². The average Bonchev–Trinajstić information content (AvgIpc) is 2.56. The minimum Gasteiger partial charge on any atom is -0.480 e. The van der Waals surface area contributed by atoms with Gasteiger partial charge in [-0.3, -0.25) is 9.69 Å². The molecule has 5 heteroatoms. The maximum absolute atomic E-state index is 12.1. The highest BCUT2D eigenvalue weighted by Gasteiger charge is 2.37. The van der Waals surface area contributed by atoms with Crippen molar-refractivity contribution in [1.29, 1.82) is 0 Å². The summed E-state index contributed by atoms with van der Waals surface area (Å²) in [7, 11) is 0. The van der Waals surface area contributed by atoms with Crippen LogP contribution in [0.4, 0.5) is 0 Å². The lowest BCUT2D eigenvalue weighted by Crippen LogP contribution is -2.57. The zero-order valence-electron chi connectivity index (χ0n) is 11.9. The quantitative estimate of drug-likeness (QED) is 0.793. The van der Waals surface area contributed by atoms with E-state index in [-0.39, 0.29) is 11.9 Å². The largest absolute Gasteiger partial charge is 0.480 e.